The van der Waals surface area contributed by atoms with Crippen molar-refractivity contribution in [2.75, 3.05) is 13.6 Å². The summed E-state index contributed by atoms with van der Waals surface area (Å²) in [5.41, 5.74) is 0.966. The van der Waals surface area contributed by atoms with Gasteiger partial charge < -0.3 is 0 Å². The van der Waals surface area contributed by atoms with Crippen molar-refractivity contribution in [1.82, 2.24) is 4.31 Å². The molecule has 1 rings (SSSR count). The third-order valence-electron chi connectivity index (χ3n) is 2.77. The maximum absolute atomic E-state index is 12.2. The number of hydrogen-bond donors (Lipinski definition) is 0. The van der Waals surface area contributed by atoms with Gasteiger partial charge in [-0.05, 0) is 31.0 Å². The number of sulfonamides is 1. The lowest BCUT2D eigenvalue weighted by Crippen LogP contribution is -2.28. The fraction of sp³-hybridized carbons (Fsp3) is 0.538. The van der Waals surface area contributed by atoms with Gasteiger partial charge in [0, 0.05) is 13.6 Å². The summed E-state index contributed by atoms with van der Waals surface area (Å²) in [6.45, 7) is 4.59. The maximum atomic E-state index is 12.2. The minimum Gasteiger partial charge on any atom is -0.207 e. The quantitative estimate of drug-likeness (QED) is 0.733. The van der Waals surface area contributed by atoms with Gasteiger partial charge in [0.05, 0.1) is 4.90 Å². The van der Waals surface area contributed by atoms with Gasteiger partial charge >= 0.3 is 0 Å². The van der Waals surface area contributed by atoms with E-state index in [-0.39, 0.29) is 0 Å². The molecule has 0 aliphatic carbocycles. The summed E-state index contributed by atoms with van der Waals surface area (Å²) in [4.78, 5) is 0.386. The summed E-state index contributed by atoms with van der Waals surface area (Å²) < 4.78 is 25.9. The molecule has 0 heterocycles. The van der Waals surface area contributed by atoms with Gasteiger partial charge in [-0.25, -0.2) is 12.7 Å². The molecule has 1 aromatic carbocycles. The lowest BCUT2D eigenvalue weighted by atomic mass is 10.2. The van der Waals surface area contributed by atoms with Gasteiger partial charge in [0.15, 0.2) is 0 Å². The van der Waals surface area contributed by atoms with Crippen molar-refractivity contribution in [1.29, 1.82) is 0 Å². The summed E-state index contributed by atoms with van der Waals surface area (Å²) >= 11 is 0. The molecule has 0 amide bonds. The van der Waals surface area contributed by atoms with Crippen LogP contribution in [0.3, 0.4) is 0 Å². The van der Waals surface area contributed by atoms with E-state index in [4.69, 9.17) is 0 Å². The van der Waals surface area contributed by atoms with Crippen LogP contribution >= 0.6 is 0 Å². The van der Waals surface area contributed by atoms with Gasteiger partial charge in [0.2, 0.25) is 10.0 Å². The lowest BCUT2D eigenvalue weighted by Gasteiger charge is -2.17. The van der Waals surface area contributed by atoms with Gasteiger partial charge in [-0.15, -0.1) is 0 Å². The fourth-order valence-electron chi connectivity index (χ4n) is 1.66. The summed E-state index contributed by atoms with van der Waals surface area (Å²) in [5.74, 6) is 0. The highest BCUT2D eigenvalue weighted by Crippen LogP contribution is 2.16. The molecular formula is C13H21NO2S. The van der Waals surface area contributed by atoms with E-state index < -0.39 is 10.0 Å². The van der Waals surface area contributed by atoms with Gasteiger partial charge in [0.25, 0.3) is 0 Å². The summed E-state index contributed by atoms with van der Waals surface area (Å²) in [6, 6.07) is 7.04. The van der Waals surface area contributed by atoms with Crippen molar-refractivity contribution in [2.24, 2.45) is 0 Å². The molecule has 3 nitrogen and oxygen atoms in total. The molecule has 0 aliphatic heterocycles. The number of nitrogens with zero attached hydrogens (tertiary/aromatic N) is 1. The molecule has 0 bridgehead atoms. The largest absolute Gasteiger partial charge is 0.242 e. The molecule has 0 unspecified atom stereocenters. The van der Waals surface area contributed by atoms with Crippen molar-refractivity contribution in [3.63, 3.8) is 0 Å². The first-order valence-electron chi connectivity index (χ1n) is 6.01. The molecule has 0 aromatic heterocycles. The molecule has 0 aliphatic rings. The molecule has 0 spiro atoms. The maximum Gasteiger partial charge on any atom is 0.242 e. The van der Waals surface area contributed by atoms with Crippen molar-refractivity contribution in [3.05, 3.63) is 29.8 Å². The highest BCUT2D eigenvalue weighted by atomic mass is 32.2. The van der Waals surface area contributed by atoms with E-state index in [1.165, 1.54) is 4.31 Å². The van der Waals surface area contributed by atoms with E-state index in [2.05, 4.69) is 6.92 Å². The van der Waals surface area contributed by atoms with E-state index in [0.29, 0.717) is 11.4 Å². The Labute approximate surface area is 105 Å². The highest BCUT2D eigenvalue weighted by molar-refractivity contribution is 7.89. The Bertz CT molecular complexity index is 454. The summed E-state index contributed by atoms with van der Waals surface area (Å²) in [7, 11) is -1.66. The summed E-state index contributed by atoms with van der Waals surface area (Å²) in [6.07, 6.45) is 3.07. The average molecular weight is 255 g/mol. The minimum absolute atomic E-state index is 0.386. The molecule has 0 saturated heterocycles. The van der Waals surface area contributed by atoms with Gasteiger partial charge in [0.1, 0.15) is 0 Å². The average Bonchev–Trinajstić information content (AvgIpc) is 2.29. The number of hydrogen-bond acceptors (Lipinski definition) is 2. The number of benzene rings is 1. The molecule has 0 fully saturated rings. The lowest BCUT2D eigenvalue weighted by molar-refractivity contribution is 0.454. The number of unbranched alkanes of at least 4 members (excludes halogenated alkanes) is 2. The fourth-order valence-corrected chi connectivity index (χ4v) is 2.98. The third-order valence-corrected chi connectivity index (χ3v) is 4.63. The standard InChI is InChI=1S/C13H21NO2S/c1-4-5-6-10-14(3)17(15,16)13-9-7-8-12(2)11-13/h7-9,11H,4-6,10H2,1-3H3. The normalized spacial score (nSPS) is 12.0. The van der Waals surface area contributed by atoms with Crippen LogP contribution in [0.2, 0.25) is 0 Å². The van der Waals surface area contributed by atoms with Crippen LogP contribution in [-0.2, 0) is 10.0 Å². The number of rotatable bonds is 6. The zero-order chi connectivity index (χ0) is 12.9. The van der Waals surface area contributed by atoms with Crippen molar-refractivity contribution in [3.8, 4) is 0 Å². The van der Waals surface area contributed by atoms with Gasteiger partial charge in [-0.2, -0.15) is 0 Å². The van der Waals surface area contributed by atoms with Crippen molar-refractivity contribution in [2.45, 2.75) is 38.0 Å². The van der Waals surface area contributed by atoms with Crippen LogP contribution in [-0.4, -0.2) is 26.3 Å². The van der Waals surface area contributed by atoms with Crippen LogP contribution in [0.1, 0.15) is 31.7 Å². The molecular weight excluding hydrogens is 234 g/mol. The Morgan fingerprint density at radius 1 is 1.24 bits per heavy atom. The predicted octanol–water partition coefficient (Wildman–Crippen LogP) is 2.81. The van der Waals surface area contributed by atoms with Gasteiger partial charge in [-0.3, -0.25) is 0 Å². The highest BCUT2D eigenvalue weighted by Gasteiger charge is 2.19. The Balaban J connectivity index is 2.80. The van der Waals surface area contributed by atoms with Crippen LogP contribution in [0.5, 0.6) is 0 Å². The van der Waals surface area contributed by atoms with Crippen LogP contribution in [0.4, 0.5) is 0 Å². The third kappa shape index (κ3) is 3.82. The molecule has 0 atom stereocenters. The van der Waals surface area contributed by atoms with Crippen LogP contribution in [0.15, 0.2) is 29.2 Å². The number of aryl methyl sites for hydroxylation is 1. The Morgan fingerprint density at radius 3 is 2.53 bits per heavy atom. The molecule has 0 radical (unpaired) electrons. The minimum atomic E-state index is -3.31. The molecule has 1 aromatic rings. The molecule has 17 heavy (non-hydrogen) atoms. The van der Waals surface area contributed by atoms with Crippen molar-refractivity contribution < 1.29 is 8.42 Å². The van der Waals surface area contributed by atoms with Crippen LogP contribution in [0.25, 0.3) is 0 Å². The second kappa shape index (κ2) is 6.17. The van der Waals surface area contributed by atoms with E-state index in [1.54, 1.807) is 25.2 Å². The zero-order valence-electron chi connectivity index (χ0n) is 10.8. The summed E-state index contributed by atoms with van der Waals surface area (Å²) in [5, 5.41) is 0. The SMILES string of the molecule is CCCCCN(C)S(=O)(=O)c1cccc(C)c1. The van der Waals surface area contributed by atoms with E-state index >= 15 is 0 Å². The van der Waals surface area contributed by atoms with E-state index in [1.807, 2.05) is 13.0 Å². The van der Waals surface area contributed by atoms with E-state index in [0.717, 1.165) is 24.8 Å². The van der Waals surface area contributed by atoms with E-state index in [9.17, 15) is 8.42 Å². The first kappa shape index (κ1) is 14.2. The van der Waals surface area contributed by atoms with Crippen LogP contribution in [0, 0.1) is 6.92 Å². The molecule has 96 valence electrons. The first-order chi connectivity index (χ1) is 7.98. The Morgan fingerprint density at radius 2 is 1.94 bits per heavy atom. The predicted molar refractivity (Wildman–Crippen MR) is 70.5 cm³/mol. The topological polar surface area (TPSA) is 37.4 Å². The second-order valence-electron chi connectivity index (χ2n) is 4.35. The first-order valence-corrected chi connectivity index (χ1v) is 7.45. The Hall–Kier alpha value is -0.870. The molecule has 0 saturated carbocycles. The monoisotopic (exact) mass is 255 g/mol. The zero-order valence-corrected chi connectivity index (χ0v) is 11.6. The molecule has 0 N–H and O–H groups in total. The molecule has 4 heteroatoms. The Kier molecular flexibility index (Phi) is 5.15. The second-order valence-corrected chi connectivity index (χ2v) is 6.40. The van der Waals surface area contributed by atoms with Crippen LogP contribution < -0.4 is 0 Å². The smallest absolute Gasteiger partial charge is 0.207 e. The van der Waals surface area contributed by atoms with Crippen molar-refractivity contribution >= 4 is 10.0 Å². The van der Waals surface area contributed by atoms with Gasteiger partial charge in [-0.1, -0.05) is 31.9 Å².